The molecule has 18 heavy (non-hydrogen) atoms. The van der Waals surface area contributed by atoms with Gasteiger partial charge in [0.15, 0.2) is 0 Å². The van der Waals surface area contributed by atoms with Gasteiger partial charge in [0.05, 0.1) is 9.79 Å². The van der Waals surface area contributed by atoms with Crippen molar-refractivity contribution in [2.24, 2.45) is 0 Å². The molecule has 0 atom stereocenters. The van der Waals surface area contributed by atoms with E-state index in [9.17, 15) is 13.2 Å². The molecule has 0 aliphatic carbocycles. The summed E-state index contributed by atoms with van der Waals surface area (Å²) in [6.07, 6.45) is 0. The fourth-order valence-corrected chi connectivity index (χ4v) is 2.77. The van der Waals surface area contributed by atoms with E-state index in [0.29, 0.717) is 12.2 Å². The van der Waals surface area contributed by atoms with Crippen molar-refractivity contribution in [1.82, 2.24) is 0 Å². The first-order valence-electron chi connectivity index (χ1n) is 5.15. The predicted octanol–water partition coefficient (Wildman–Crippen LogP) is 2.05. The summed E-state index contributed by atoms with van der Waals surface area (Å²) in [7, 11) is -3.51. The average Bonchev–Trinajstić information content (AvgIpc) is 2.41. The molecule has 4 nitrogen and oxygen atoms in total. The van der Waals surface area contributed by atoms with E-state index in [1.807, 2.05) is 0 Å². The monoisotopic (exact) mass is 262 g/mol. The zero-order chi connectivity index (χ0) is 13.0. The number of sulfone groups is 1. The predicted molar refractivity (Wildman–Crippen MR) is 65.0 cm³/mol. The Morgan fingerprint density at radius 1 is 0.833 bits per heavy atom. The van der Waals surface area contributed by atoms with Gasteiger partial charge in [0.2, 0.25) is 9.84 Å². The van der Waals surface area contributed by atoms with Crippen LogP contribution in [0.15, 0.2) is 64.4 Å². The van der Waals surface area contributed by atoms with Gasteiger partial charge in [-0.3, -0.25) is 4.79 Å². The number of carbonyl (C=O) groups excluding carboxylic acids is 1. The molecule has 0 saturated heterocycles. The molecule has 0 radical (unpaired) electrons. The summed E-state index contributed by atoms with van der Waals surface area (Å²) in [5.74, 6) is 0.303. The number of hydrogen-bond donors (Lipinski definition) is 0. The second-order valence-electron chi connectivity index (χ2n) is 3.50. The fourth-order valence-electron chi connectivity index (χ4n) is 1.49. The Kier molecular flexibility index (Phi) is 3.43. The van der Waals surface area contributed by atoms with Gasteiger partial charge in [-0.05, 0) is 36.4 Å². The molecule has 2 rings (SSSR count). The topological polar surface area (TPSA) is 60.4 Å². The smallest absolute Gasteiger partial charge is 0.298 e. The van der Waals surface area contributed by atoms with Crippen LogP contribution in [0.4, 0.5) is 0 Å². The van der Waals surface area contributed by atoms with Crippen molar-refractivity contribution in [3.63, 3.8) is 0 Å². The molecular weight excluding hydrogens is 252 g/mol. The largest absolute Gasteiger partial charge is 0.429 e. The molecule has 5 heteroatoms. The maximum Gasteiger partial charge on any atom is 0.298 e. The average molecular weight is 262 g/mol. The maximum absolute atomic E-state index is 12.2. The van der Waals surface area contributed by atoms with Gasteiger partial charge in [0.25, 0.3) is 6.47 Å². The highest BCUT2D eigenvalue weighted by atomic mass is 32.2. The highest BCUT2D eigenvalue weighted by Gasteiger charge is 2.16. The van der Waals surface area contributed by atoms with Crippen molar-refractivity contribution in [3.05, 3.63) is 54.6 Å². The number of carbonyl (C=O) groups is 1. The van der Waals surface area contributed by atoms with Crippen molar-refractivity contribution in [2.75, 3.05) is 0 Å². The van der Waals surface area contributed by atoms with E-state index in [-0.39, 0.29) is 9.79 Å². The standard InChI is InChI=1S/C13H10O4S/c14-10-17-11-6-8-13(9-7-11)18(15,16)12-4-2-1-3-5-12/h1-10H. The maximum atomic E-state index is 12.2. The Morgan fingerprint density at radius 2 is 1.39 bits per heavy atom. The summed E-state index contributed by atoms with van der Waals surface area (Å²) >= 11 is 0. The first-order valence-corrected chi connectivity index (χ1v) is 6.63. The molecule has 0 saturated carbocycles. The third kappa shape index (κ3) is 2.41. The minimum atomic E-state index is -3.51. The van der Waals surface area contributed by atoms with Crippen LogP contribution in [0.3, 0.4) is 0 Å². The highest BCUT2D eigenvalue weighted by molar-refractivity contribution is 7.91. The van der Waals surface area contributed by atoms with Crippen LogP contribution in [-0.2, 0) is 14.6 Å². The van der Waals surface area contributed by atoms with Crippen molar-refractivity contribution >= 4 is 16.3 Å². The lowest BCUT2D eigenvalue weighted by atomic mass is 10.3. The van der Waals surface area contributed by atoms with Crippen LogP contribution in [0, 0.1) is 0 Å². The lowest BCUT2D eigenvalue weighted by Crippen LogP contribution is -2.01. The summed E-state index contributed by atoms with van der Waals surface area (Å²) in [4.78, 5) is 10.5. The number of rotatable bonds is 4. The van der Waals surface area contributed by atoms with Crippen LogP contribution in [0.5, 0.6) is 5.75 Å². The van der Waals surface area contributed by atoms with Crippen LogP contribution in [0.25, 0.3) is 0 Å². The zero-order valence-corrected chi connectivity index (χ0v) is 10.1. The first kappa shape index (κ1) is 12.3. The van der Waals surface area contributed by atoms with Crippen molar-refractivity contribution in [2.45, 2.75) is 9.79 Å². The second kappa shape index (κ2) is 5.01. The lowest BCUT2D eigenvalue weighted by Gasteiger charge is -2.05. The van der Waals surface area contributed by atoms with E-state index in [1.165, 1.54) is 36.4 Å². The van der Waals surface area contributed by atoms with E-state index in [2.05, 4.69) is 4.74 Å². The van der Waals surface area contributed by atoms with Gasteiger partial charge >= 0.3 is 0 Å². The summed E-state index contributed by atoms with van der Waals surface area (Å²) in [6, 6.07) is 13.8. The third-order valence-electron chi connectivity index (χ3n) is 2.37. The molecule has 0 spiro atoms. The normalized spacial score (nSPS) is 10.9. The van der Waals surface area contributed by atoms with Crippen LogP contribution < -0.4 is 4.74 Å². The van der Waals surface area contributed by atoms with Gasteiger partial charge in [0, 0.05) is 0 Å². The van der Waals surface area contributed by atoms with Crippen molar-refractivity contribution < 1.29 is 17.9 Å². The van der Waals surface area contributed by atoms with E-state index >= 15 is 0 Å². The summed E-state index contributed by atoms with van der Waals surface area (Å²) in [5, 5.41) is 0. The summed E-state index contributed by atoms with van der Waals surface area (Å²) in [6.45, 7) is 0.292. The Bertz CT molecular complexity index is 630. The first-order chi connectivity index (χ1) is 8.64. The van der Waals surface area contributed by atoms with E-state index in [0.717, 1.165) is 0 Å². The van der Waals surface area contributed by atoms with Crippen LogP contribution >= 0.6 is 0 Å². The zero-order valence-electron chi connectivity index (χ0n) is 9.31. The summed E-state index contributed by atoms with van der Waals surface area (Å²) in [5.41, 5.74) is 0. The number of hydrogen-bond acceptors (Lipinski definition) is 4. The molecule has 0 aromatic heterocycles. The van der Waals surface area contributed by atoms with Crippen LogP contribution in [0.1, 0.15) is 0 Å². The van der Waals surface area contributed by atoms with Gasteiger partial charge in [-0.1, -0.05) is 18.2 Å². The van der Waals surface area contributed by atoms with E-state index < -0.39 is 9.84 Å². The molecule has 2 aromatic carbocycles. The SMILES string of the molecule is O=COc1ccc(S(=O)(=O)c2ccccc2)cc1. The van der Waals surface area contributed by atoms with E-state index in [1.54, 1.807) is 18.2 Å². The molecule has 0 N–H and O–H groups in total. The second-order valence-corrected chi connectivity index (χ2v) is 5.45. The molecule has 0 heterocycles. The Morgan fingerprint density at radius 3 is 1.94 bits per heavy atom. The summed E-state index contributed by atoms with van der Waals surface area (Å²) < 4.78 is 29.0. The van der Waals surface area contributed by atoms with Crippen molar-refractivity contribution in [3.8, 4) is 5.75 Å². The molecule has 2 aromatic rings. The highest BCUT2D eigenvalue weighted by Crippen LogP contribution is 2.22. The van der Waals surface area contributed by atoms with E-state index in [4.69, 9.17) is 0 Å². The minimum Gasteiger partial charge on any atom is -0.429 e. The number of benzene rings is 2. The van der Waals surface area contributed by atoms with Gasteiger partial charge in [0.1, 0.15) is 5.75 Å². The lowest BCUT2D eigenvalue weighted by molar-refractivity contribution is -0.120. The fraction of sp³-hybridized carbons (Fsp3) is 0. The molecular formula is C13H10O4S. The van der Waals surface area contributed by atoms with Gasteiger partial charge < -0.3 is 4.74 Å². The van der Waals surface area contributed by atoms with Gasteiger partial charge in [-0.15, -0.1) is 0 Å². The quantitative estimate of drug-likeness (QED) is 0.791. The minimum absolute atomic E-state index is 0.159. The number of ether oxygens (including phenoxy) is 1. The Hall–Kier alpha value is -2.14. The van der Waals surface area contributed by atoms with Crippen LogP contribution in [0.2, 0.25) is 0 Å². The molecule has 0 fully saturated rings. The van der Waals surface area contributed by atoms with Crippen LogP contribution in [-0.4, -0.2) is 14.9 Å². The Labute approximate surface area is 105 Å². The van der Waals surface area contributed by atoms with Gasteiger partial charge in [-0.25, -0.2) is 8.42 Å². The van der Waals surface area contributed by atoms with Gasteiger partial charge in [-0.2, -0.15) is 0 Å². The third-order valence-corrected chi connectivity index (χ3v) is 4.16. The van der Waals surface area contributed by atoms with Crippen molar-refractivity contribution in [1.29, 1.82) is 0 Å². The molecule has 0 aliphatic heterocycles. The molecule has 92 valence electrons. The molecule has 0 amide bonds. The molecule has 0 aliphatic rings. The Balaban J connectivity index is 2.39. The molecule has 0 unspecified atom stereocenters. The molecule has 0 bridgehead atoms.